The molecule has 1 unspecified atom stereocenters. The monoisotopic (exact) mass is 400 g/mol. The van der Waals surface area contributed by atoms with E-state index in [1.54, 1.807) is 29.2 Å². The van der Waals surface area contributed by atoms with Crippen molar-refractivity contribution in [3.8, 4) is 0 Å². The molecule has 0 saturated carbocycles. The summed E-state index contributed by atoms with van der Waals surface area (Å²) in [6, 6.07) is 16.0. The van der Waals surface area contributed by atoms with E-state index in [4.69, 9.17) is 0 Å². The standard InChI is InChI=1S/C21H24N2O4S/c1-28(26,27)15-16-7-5-8-17(13-16)21(25)23-12-6-9-18(14-23)20(24)22-19-10-3-2-4-11-19/h2-5,7-8,10-11,13,18H,6,9,12,14-15H2,1H3,(H,22,24). The molecule has 0 aromatic heterocycles. The van der Waals surface area contributed by atoms with Crippen LogP contribution in [0.15, 0.2) is 54.6 Å². The quantitative estimate of drug-likeness (QED) is 0.836. The minimum absolute atomic E-state index is 0.0884. The van der Waals surface area contributed by atoms with Crippen molar-refractivity contribution in [1.82, 2.24) is 4.90 Å². The number of carbonyl (C=O) groups excluding carboxylic acids is 2. The Balaban J connectivity index is 1.67. The maximum Gasteiger partial charge on any atom is 0.253 e. The van der Waals surface area contributed by atoms with E-state index in [0.717, 1.165) is 18.5 Å². The number of nitrogens with zero attached hydrogens (tertiary/aromatic N) is 1. The molecule has 1 aliphatic heterocycles. The molecule has 7 heteroatoms. The van der Waals surface area contributed by atoms with Crippen LogP contribution in [0.4, 0.5) is 5.69 Å². The minimum Gasteiger partial charge on any atom is -0.338 e. The number of hydrogen-bond donors (Lipinski definition) is 1. The highest BCUT2D eigenvalue weighted by atomic mass is 32.2. The summed E-state index contributed by atoms with van der Waals surface area (Å²) >= 11 is 0. The summed E-state index contributed by atoms with van der Waals surface area (Å²) in [5, 5.41) is 2.90. The number of para-hydroxylation sites is 1. The number of carbonyl (C=O) groups is 2. The SMILES string of the molecule is CS(=O)(=O)Cc1cccc(C(=O)N2CCCC(C(=O)Nc3ccccc3)C2)c1. The highest BCUT2D eigenvalue weighted by Crippen LogP contribution is 2.21. The molecule has 1 aliphatic rings. The largest absolute Gasteiger partial charge is 0.338 e. The maximum atomic E-state index is 12.9. The average molecular weight is 401 g/mol. The topological polar surface area (TPSA) is 83.6 Å². The van der Waals surface area contributed by atoms with E-state index in [1.165, 1.54) is 6.26 Å². The predicted octanol–water partition coefficient (Wildman–Crippen LogP) is 2.72. The molecule has 0 spiro atoms. The third kappa shape index (κ3) is 5.42. The normalized spacial score (nSPS) is 17.2. The molecule has 28 heavy (non-hydrogen) atoms. The maximum absolute atomic E-state index is 12.9. The lowest BCUT2D eigenvalue weighted by Crippen LogP contribution is -2.43. The summed E-state index contributed by atoms with van der Waals surface area (Å²) in [5.74, 6) is -0.629. The molecule has 1 fully saturated rings. The first kappa shape index (κ1) is 20.1. The third-order valence-corrected chi connectivity index (χ3v) is 5.58. The molecular formula is C21H24N2O4S. The van der Waals surface area contributed by atoms with Crippen molar-refractivity contribution < 1.29 is 18.0 Å². The molecule has 1 N–H and O–H groups in total. The van der Waals surface area contributed by atoms with E-state index in [-0.39, 0.29) is 23.5 Å². The van der Waals surface area contributed by atoms with Crippen LogP contribution < -0.4 is 5.32 Å². The Morgan fingerprint density at radius 1 is 1.11 bits per heavy atom. The van der Waals surface area contributed by atoms with Gasteiger partial charge in [0, 0.05) is 30.6 Å². The zero-order valence-electron chi connectivity index (χ0n) is 15.8. The highest BCUT2D eigenvalue weighted by Gasteiger charge is 2.29. The van der Waals surface area contributed by atoms with Crippen LogP contribution in [0.3, 0.4) is 0 Å². The Bertz CT molecular complexity index is 957. The number of hydrogen-bond acceptors (Lipinski definition) is 4. The van der Waals surface area contributed by atoms with Crippen LogP contribution in [0.2, 0.25) is 0 Å². The van der Waals surface area contributed by atoms with E-state index < -0.39 is 9.84 Å². The van der Waals surface area contributed by atoms with E-state index in [2.05, 4.69) is 5.32 Å². The fourth-order valence-corrected chi connectivity index (χ4v) is 4.21. The molecule has 0 radical (unpaired) electrons. The van der Waals surface area contributed by atoms with Crippen LogP contribution in [0, 0.1) is 5.92 Å². The zero-order chi connectivity index (χ0) is 20.1. The molecule has 1 heterocycles. The number of piperidine rings is 1. The van der Waals surface area contributed by atoms with Gasteiger partial charge in [-0.15, -0.1) is 0 Å². The van der Waals surface area contributed by atoms with Gasteiger partial charge in [-0.05, 0) is 42.7 Å². The predicted molar refractivity (Wildman–Crippen MR) is 109 cm³/mol. The molecule has 6 nitrogen and oxygen atoms in total. The number of likely N-dealkylation sites (tertiary alicyclic amines) is 1. The van der Waals surface area contributed by atoms with Gasteiger partial charge in [0.1, 0.15) is 0 Å². The van der Waals surface area contributed by atoms with Crippen LogP contribution in [0.1, 0.15) is 28.8 Å². The van der Waals surface area contributed by atoms with E-state index >= 15 is 0 Å². The summed E-state index contributed by atoms with van der Waals surface area (Å²) in [5.41, 5.74) is 1.78. The van der Waals surface area contributed by atoms with E-state index in [9.17, 15) is 18.0 Å². The molecule has 0 aliphatic carbocycles. The van der Waals surface area contributed by atoms with Gasteiger partial charge in [0.25, 0.3) is 5.91 Å². The van der Waals surface area contributed by atoms with Gasteiger partial charge in [0.05, 0.1) is 11.7 Å². The third-order valence-electron chi connectivity index (χ3n) is 4.72. The molecule has 1 saturated heterocycles. The molecular weight excluding hydrogens is 376 g/mol. The molecule has 2 aromatic carbocycles. The highest BCUT2D eigenvalue weighted by molar-refractivity contribution is 7.89. The minimum atomic E-state index is -3.17. The van der Waals surface area contributed by atoms with Gasteiger partial charge in [-0.25, -0.2) is 8.42 Å². The first-order valence-electron chi connectivity index (χ1n) is 9.24. The first-order valence-corrected chi connectivity index (χ1v) is 11.3. The fraction of sp³-hybridized carbons (Fsp3) is 0.333. The van der Waals surface area contributed by atoms with Crippen molar-refractivity contribution in [1.29, 1.82) is 0 Å². The van der Waals surface area contributed by atoms with Gasteiger partial charge < -0.3 is 10.2 Å². The lowest BCUT2D eigenvalue weighted by Gasteiger charge is -2.32. The van der Waals surface area contributed by atoms with Crippen LogP contribution in [0.5, 0.6) is 0 Å². The second-order valence-electron chi connectivity index (χ2n) is 7.22. The van der Waals surface area contributed by atoms with Crippen molar-refractivity contribution in [2.24, 2.45) is 5.92 Å². The Hall–Kier alpha value is -2.67. The van der Waals surface area contributed by atoms with Crippen LogP contribution in [-0.4, -0.2) is 44.5 Å². The summed E-state index contributed by atoms with van der Waals surface area (Å²) in [6.07, 6.45) is 2.65. The Kier molecular flexibility index (Phi) is 6.14. The van der Waals surface area contributed by atoms with Gasteiger partial charge in [-0.1, -0.05) is 30.3 Å². The van der Waals surface area contributed by atoms with Crippen LogP contribution >= 0.6 is 0 Å². The van der Waals surface area contributed by atoms with Gasteiger partial charge in [0.2, 0.25) is 5.91 Å². The summed E-state index contributed by atoms with van der Waals surface area (Å²) in [4.78, 5) is 27.1. The van der Waals surface area contributed by atoms with E-state index in [1.807, 2.05) is 30.3 Å². The smallest absolute Gasteiger partial charge is 0.253 e. The number of sulfone groups is 1. The number of nitrogens with one attached hydrogen (secondary N) is 1. The number of anilines is 1. The number of rotatable bonds is 5. The Morgan fingerprint density at radius 2 is 1.86 bits per heavy atom. The molecule has 3 rings (SSSR count). The van der Waals surface area contributed by atoms with Crippen molar-refractivity contribution >= 4 is 27.3 Å². The molecule has 0 bridgehead atoms. The molecule has 1 atom stereocenters. The van der Waals surface area contributed by atoms with Gasteiger partial charge >= 0.3 is 0 Å². The summed E-state index contributed by atoms with van der Waals surface area (Å²) < 4.78 is 23.0. The number of benzene rings is 2. The lowest BCUT2D eigenvalue weighted by molar-refractivity contribution is -0.121. The van der Waals surface area contributed by atoms with Gasteiger partial charge in [0.15, 0.2) is 9.84 Å². The van der Waals surface area contributed by atoms with Crippen molar-refractivity contribution in [2.45, 2.75) is 18.6 Å². The van der Waals surface area contributed by atoms with Gasteiger partial charge in [-0.2, -0.15) is 0 Å². The van der Waals surface area contributed by atoms with E-state index in [0.29, 0.717) is 24.2 Å². The van der Waals surface area contributed by atoms with Crippen molar-refractivity contribution in [3.05, 3.63) is 65.7 Å². The number of amides is 2. The summed E-state index contributed by atoms with van der Waals surface area (Å²) in [7, 11) is -3.17. The second kappa shape index (κ2) is 8.56. The zero-order valence-corrected chi connectivity index (χ0v) is 16.6. The van der Waals surface area contributed by atoms with Crippen LogP contribution in [-0.2, 0) is 20.4 Å². The Labute approximate surface area is 165 Å². The van der Waals surface area contributed by atoms with Crippen LogP contribution in [0.25, 0.3) is 0 Å². The van der Waals surface area contributed by atoms with Crippen molar-refractivity contribution in [3.63, 3.8) is 0 Å². The Morgan fingerprint density at radius 3 is 2.57 bits per heavy atom. The fourth-order valence-electron chi connectivity index (χ4n) is 3.42. The van der Waals surface area contributed by atoms with Crippen molar-refractivity contribution in [2.75, 3.05) is 24.7 Å². The first-order chi connectivity index (χ1) is 13.3. The summed E-state index contributed by atoms with van der Waals surface area (Å²) in [6.45, 7) is 0.943. The molecule has 148 valence electrons. The average Bonchev–Trinajstić information content (AvgIpc) is 2.67. The second-order valence-corrected chi connectivity index (χ2v) is 9.36. The lowest BCUT2D eigenvalue weighted by atomic mass is 9.96. The van der Waals surface area contributed by atoms with Gasteiger partial charge in [-0.3, -0.25) is 9.59 Å². The molecule has 2 aromatic rings. The molecule has 2 amide bonds.